The van der Waals surface area contributed by atoms with Crippen molar-refractivity contribution in [1.29, 1.82) is 0 Å². The van der Waals surface area contributed by atoms with E-state index in [1.165, 1.54) is 0 Å². The van der Waals surface area contributed by atoms with Gasteiger partial charge in [-0.15, -0.1) is 11.7 Å². The molecule has 0 radical (unpaired) electrons. The van der Waals surface area contributed by atoms with Crippen LogP contribution in [0.4, 0.5) is 11.4 Å². The number of aliphatic hydroxyl groups is 2. The Morgan fingerprint density at radius 2 is 1.98 bits per heavy atom. The zero-order chi connectivity index (χ0) is 28.3. The van der Waals surface area contributed by atoms with E-state index in [0.717, 1.165) is 12.0 Å². The molecule has 9 nitrogen and oxygen atoms in total. The topological polar surface area (TPSA) is 112 Å². The Morgan fingerprint density at radius 1 is 1.18 bits per heavy atom. The highest BCUT2D eigenvalue weighted by Crippen LogP contribution is 2.46. The third-order valence-corrected chi connectivity index (χ3v) is 7.86. The van der Waals surface area contributed by atoms with Crippen LogP contribution in [-0.4, -0.2) is 56.7 Å². The Labute approximate surface area is 234 Å². The molecule has 3 heterocycles. The summed E-state index contributed by atoms with van der Waals surface area (Å²) in [5, 5.41) is 30.3. The molecule has 0 aliphatic carbocycles. The van der Waals surface area contributed by atoms with Gasteiger partial charge < -0.3 is 20.0 Å². The van der Waals surface area contributed by atoms with Crippen molar-refractivity contribution in [3.05, 3.63) is 96.4 Å². The van der Waals surface area contributed by atoms with Crippen LogP contribution >= 0.6 is 0 Å². The standard InChI is InChI=1S/C31H35N5O4/c1-3-16-36-28-15-14-24(35-18-9-13-29(35)38)19-26(28)31(40,30(36)39)22(2)10-7-8-17-34-20-27(32-33-34)25(21-37)23-11-5-4-6-12-23/h3-7,10-12,14-15,19-20,22,25,37,40H,1,8-9,13,16-18,21H2,2H3/b10-7+/t22-,25?,31+/m0/s1. The Hall–Kier alpha value is -4.08. The fourth-order valence-electron chi connectivity index (χ4n) is 5.62. The van der Waals surface area contributed by atoms with E-state index in [0.29, 0.717) is 48.6 Å². The highest BCUT2D eigenvalue weighted by molar-refractivity contribution is 6.08. The van der Waals surface area contributed by atoms with E-state index in [4.69, 9.17) is 0 Å². The lowest BCUT2D eigenvalue weighted by atomic mass is 9.82. The van der Waals surface area contributed by atoms with Crippen LogP contribution in [0.5, 0.6) is 0 Å². The summed E-state index contributed by atoms with van der Waals surface area (Å²) in [6.07, 6.45) is 9.16. The largest absolute Gasteiger partial charge is 0.395 e. The van der Waals surface area contributed by atoms with Gasteiger partial charge in [-0.25, -0.2) is 0 Å². The number of fused-ring (bicyclic) bond motifs is 1. The fourth-order valence-corrected chi connectivity index (χ4v) is 5.62. The Kier molecular flexibility index (Phi) is 7.95. The van der Waals surface area contributed by atoms with Gasteiger partial charge in [-0.05, 0) is 36.6 Å². The highest BCUT2D eigenvalue weighted by Gasteiger charge is 2.52. The molecule has 3 atom stereocenters. The zero-order valence-corrected chi connectivity index (χ0v) is 22.7. The van der Waals surface area contributed by atoms with Gasteiger partial charge in [0.05, 0.1) is 23.9 Å². The smallest absolute Gasteiger partial charge is 0.264 e. The molecule has 1 aromatic heterocycles. The fraction of sp³-hybridized carbons (Fsp3) is 0.355. The van der Waals surface area contributed by atoms with E-state index >= 15 is 0 Å². The van der Waals surface area contributed by atoms with Crippen molar-refractivity contribution in [1.82, 2.24) is 15.0 Å². The molecule has 2 aliphatic heterocycles. The van der Waals surface area contributed by atoms with Crippen molar-refractivity contribution in [3.63, 3.8) is 0 Å². The maximum absolute atomic E-state index is 13.5. The summed E-state index contributed by atoms with van der Waals surface area (Å²) in [7, 11) is 0. The lowest BCUT2D eigenvalue weighted by Crippen LogP contribution is -2.44. The molecule has 208 valence electrons. The first kappa shape index (κ1) is 27.5. The average molecular weight is 542 g/mol. The monoisotopic (exact) mass is 541 g/mol. The van der Waals surface area contributed by atoms with E-state index < -0.39 is 17.4 Å². The van der Waals surface area contributed by atoms with Crippen molar-refractivity contribution < 1.29 is 19.8 Å². The summed E-state index contributed by atoms with van der Waals surface area (Å²) in [6, 6.07) is 15.1. The van der Waals surface area contributed by atoms with Gasteiger partial charge in [0.25, 0.3) is 5.91 Å². The molecule has 1 fully saturated rings. The number of benzene rings is 2. The van der Waals surface area contributed by atoms with E-state index in [1.54, 1.807) is 26.6 Å². The first-order valence-corrected chi connectivity index (χ1v) is 13.7. The van der Waals surface area contributed by atoms with Gasteiger partial charge in [-0.2, -0.15) is 0 Å². The van der Waals surface area contributed by atoms with Crippen molar-refractivity contribution >= 4 is 23.2 Å². The predicted molar refractivity (Wildman–Crippen MR) is 153 cm³/mol. The number of carbonyl (C=O) groups is 2. The molecule has 2 N–H and O–H groups in total. The van der Waals surface area contributed by atoms with Gasteiger partial charge in [0.15, 0.2) is 5.60 Å². The first-order valence-electron chi connectivity index (χ1n) is 13.7. The van der Waals surface area contributed by atoms with Crippen LogP contribution in [0.15, 0.2) is 79.5 Å². The van der Waals surface area contributed by atoms with Gasteiger partial charge in [0.1, 0.15) is 0 Å². The number of rotatable bonds is 11. The normalized spacial score (nSPS) is 20.4. The van der Waals surface area contributed by atoms with Crippen LogP contribution in [0.1, 0.15) is 48.9 Å². The SMILES string of the molecule is C=CCN1C(=O)[C@@](O)([C@@H](C)/C=C/CCn2cc(C(CO)c3ccccc3)nn2)c2cc(N3CCCC3=O)ccc21. The molecule has 3 aromatic rings. The van der Waals surface area contributed by atoms with Crippen LogP contribution in [0.3, 0.4) is 0 Å². The summed E-state index contributed by atoms with van der Waals surface area (Å²) in [5.74, 6) is -1.12. The van der Waals surface area contributed by atoms with Gasteiger partial charge >= 0.3 is 0 Å². The van der Waals surface area contributed by atoms with E-state index in [-0.39, 0.29) is 25.0 Å². The second kappa shape index (κ2) is 11.6. The third kappa shape index (κ3) is 4.98. The number of nitrogens with zero attached hydrogens (tertiary/aromatic N) is 5. The average Bonchev–Trinajstić information content (AvgIpc) is 3.67. The van der Waals surface area contributed by atoms with Gasteiger partial charge in [-0.1, -0.05) is 60.7 Å². The molecule has 40 heavy (non-hydrogen) atoms. The number of aliphatic hydroxyl groups excluding tert-OH is 1. The Balaban J connectivity index is 1.31. The molecule has 0 spiro atoms. The van der Waals surface area contributed by atoms with Crippen molar-refractivity contribution in [2.45, 2.75) is 44.2 Å². The molecule has 0 saturated carbocycles. The van der Waals surface area contributed by atoms with E-state index in [2.05, 4.69) is 16.9 Å². The number of hydrogen-bond acceptors (Lipinski definition) is 6. The molecular weight excluding hydrogens is 506 g/mol. The summed E-state index contributed by atoms with van der Waals surface area (Å²) < 4.78 is 1.73. The van der Waals surface area contributed by atoms with Crippen LogP contribution in [-0.2, 0) is 21.7 Å². The summed E-state index contributed by atoms with van der Waals surface area (Å²) in [6.45, 7) is 6.98. The Morgan fingerprint density at radius 3 is 2.67 bits per heavy atom. The maximum Gasteiger partial charge on any atom is 0.264 e. The minimum atomic E-state index is -1.77. The van der Waals surface area contributed by atoms with Crippen LogP contribution in [0, 0.1) is 5.92 Å². The molecule has 2 aliphatic rings. The molecule has 9 heteroatoms. The van der Waals surface area contributed by atoms with Crippen molar-refractivity contribution in [2.24, 2.45) is 5.92 Å². The van der Waals surface area contributed by atoms with E-state index in [9.17, 15) is 19.8 Å². The molecule has 0 bridgehead atoms. The second-order valence-corrected chi connectivity index (χ2v) is 10.4. The quantitative estimate of drug-likeness (QED) is 0.359. The summed E-state index contributed by atoms with van der Waals surface area (Å²) in [4.78, 5) is 29.2. The zero-order valence-electron chi connectivity index (χ0n) is 22.7. The lowest BCUT2D eigenvalue weighted by Gasteiger charge is -2.28. The highest BCUT2D eigenvalue weighted by atomic mass is 16.3. The molecular formula is C31H35N5O4. The summed E-state index contributed by atoms with van der Waals surface area (Å²) in [5.41, 5.74) is 1.74. The second-order valence-electron chi connectivity index (χ2n) is 10.4. The minimum absolute atomic E-state index is 0.0500. The number of carbonyl (C=O) groups excluding carboxylic acids is 2. The number of amides is 2. The minimum Gasteiger partial charge on any atom is -0.395 e. The number of aromatic nitrogens is 3. The number of aryl methyl sites for hydroxylation is 1. The van der Waals surface area contributed by atoms with Gasteiger partial charge in [0.2, 0.25) is 5.91 Å². The Bertz CT molecular complexity index is 1420. The molecule has 5 rings (SSSR count). The molecule has 1 saturated heterocycles. The van der Waals surface area contributed by atoms with E-state index in [1.807, 2.05) is 67.7 Å². The number of anilines is 2. The third-order valence-electron chi connectivity index (χ3n) is 7.86. The van der Waals surface area contributed by atoms with Crippen LogP contribution < -0.4 is 9.80 Å². The van der Waals surface area contributed by atoms with Crippen molar-refractivity contribution in [3.8, 4) is 0 Å². The molecule has 1 unspecified atom stereocenters. The van der Waals surface area contributed by atoms with Crippen molar-refractivity contribution in [2.75, 3.05) is 29.5 Å². The van der Waals surface area contributed by atoms with Crippen LogP contribution in [0.25, 0.3) is 0 Å². The predicted octanol–water partition coefficient (Wildman–Crippen LogP) is 3.53. The molecule has 2 amide bonds. The maximum atomic E-state index is 13.5. The summed E-state index contributed by atoms with van der Waals surface area (Å²) >= 11 is 0. The van der Waals surface area contributed by atoms with Gasteiger partial charge in [0, 0.05) is 49.4 Å². The first-order chi connectivity index (χ1) is 19.4. The number of allylic oxidation sites excluding steroid dienone is 1. The number of hydrogen-bond donors (Lipinski definition) is 2. The molecule has 2 aromatic carbocycles. The lowest BCUT2D eigenvalue weighted by molar-refractivity contribution is -0.139. The van der Waals surface area contributed by atoms with Crippen LogP contribution in [0.2, 0.25) is 0 Å². The van der Waals surface area contributed by atoms with Gasteiger partial charge in [-0.3, -0.25) is 14.3 Å².